The molecule has 2 aliphatic rings. The molecule has 2 bridgehead atoms. The molecule has 3 rings (SSSR count). The number of hydrogen-bond donors (Lipinski definition) is 1. The number of sulfonamides is 1. The van der Waals surface area contributed by atoms with Crippen LogP contribution in [-0.4, -0.2) is 38.0 Å². The summed E-state index contributed by atoms with van der Waals surface area (Å²) in [7, 11) is -3.60. The average Bonchev–Trinajstić information content (AvgIpc) is 2.71. The number of morpholine rings is 1. The van der Waals surface area contributed by atoms with Crippen molar-refractivity contribution >= 4 is 27.3 Å². The quantitative estimate of drug-likeness (QED) is 0.840. The highest BCUT2D eigenvalue weighted by molar-refractivity contribution is 7.89. The molecule has 0 spiro atoms. The number of halogens is 1. The third-order valence-corrected chi connectivity index (χ3v) is 5.90. The Kier molecular flexibility index (Phi) is 3.21. The molecule has 0 aliphatic carbocycles. The lowest BCUT2D eigenvalue weighted by Gasteiger charge is -2.31. The molecule has 2 atom stereocenters. The maximum Gasteiger partial charge on any atom is 0.244 e. The number of nitrogen functional groups attached to an aromatic ring is 1. The van der Waals surface area contributed by atoms with Crippen LogP contribution in [0.5, 0.6) is 0 Å². The SMILES string of the molecule is Nc1ccc(Cl)c(S(=O)(=O)N2CC3CCC(C2)O3)c1. The minimum absolute atomic E-state index is 0.00774. The van der Waals surface area contributed by atoms with Gasteiger partial charge in [-0.05, 0) is 31.0 Å². The van der Waals surface area contributed by atoms with E-state index in [1.165, 1.54) is 16.4 Å². The van der Waals surface area contributed by atoms with E-state index in [1.807, 2.05) is 0 Å². The highest BCUT2D eigenvalue weighted by atomic mass is 35.5. The zero-order valence-electron chi connectivity index (χ0n) is 10.3. The number of anilines is 1. The van der Waals surface area contributed by atoms with E-state index in [2.05, 4.69) is 0 Å². The van der Waals surface area contributed by atoms with Crippen LogP contribution in [0.2, 0.25) is 5.02 Å². The summed E-state index contributed by atoms with van der Waals surface area (Å²) in [4.78, 5) is 0.0791. The molecule has 0 saturated carbocycles. The number of nitrogens with zero attached hydrogens (tertiary/aromatic N) is 1. The van der Waals surface area contributed by atoms with Crippen LogP contribution < -0.4 is 5.73 Å². The minimum atomic E-state index is -3.60. The lowest BCUT2D eigenvalue weighted by atomic mass is 10.2. The summed E-state index contributed by atoms with van der Waals surface area (Å²) in [5, 5.41) is 0.202. The summed E-state index contributed by atoms with van der Waals surface area (Å²) in [6, 6.07) is 4.51. The molecule has 1 aromatic rings. The van der Waals surface area contributed by atoms with Crippen LogP contribution in [0.15, 0.2) is 23.1 Å². The minimum Gasteiger partial charge on any atom is -0.399 e. The molecular formula is C12H15ClN2O3S. The average molecular weight is 303 g/mol. The first-order chi connectivity index (χ1) is 8.96. The van der Waals surface area contributed by atoms with Crippen LogP contribution in [0.25, 0.3) is 0 Å². The third-order valence-electron chi connectivity index (χ3n) is 3.58. The molecule has 2 unspecified atom stereocenters. The maximum atomic E-state index is 12.6. The molecule has 2 N–H and O–H groups in total. The van der Waals surface area contributed by atoms with Crippen LogP contribution in [0.4, 0.5) is 5.69 Å². The molecule has 0 amide bonds. The molecule has 0 radical (unpaired) electrons. The normalized spacial score (nSPS) is 27.6. The zero-order chi connectivity index (χ0) is 13.6. The van der Waals surface area contributed by atoms with Crippen molar-refractivity contribution in [3.05, 3.63) is 23.2 Å². The molecule has 19 heavy (non-hydrogen) atoms. The van der Waals surface area contributed by atoms with Crippen molar-refractivity contribution in [3.8, 4) is 0 Å². The number of ether oxygens (including phenoxy) is 1. The molecule has 104 valence electrons. The summed E-state index contributed by atoms with van der Waals surface area (Å²) in [5.74, 6) is 0. The second-order valence-corrected chi connectivity index (χ2v) is 7.28. The molecule has 0 aromatic heterocycles. The molecule has 7 heteroatoms. The smallest absolute Gasteiger partial charge is 0.244 e. The summed E-state index contributed by atoms with van der Waals surface area (Å²) in [5.41, 5.74) is 6.04. The molecule has 5 nitrogen and oxygen atoms in total. The van der Waals surface area contributed by atoms with Crippen LogP contribution >= 0.6 is 11.6 Å². The third kappa shape index (κ3) is 2.33. The second-order valence-electron chi connectivity index (χ2n) is 4.97. The van der Waals surface area contributed by atoms with Crippen LogP contribution in [0, 0.1) is 0 Å². The fourth-order valence-corrected chi connectivity index (χ4v) is 4.64. The molecule has 1 aromatic carbocycles. The van der Waals surface area contributed by atoms with Crippen LogP contribution in [-0.2, 0) is 14.8 Å². The maximum absolute atomic E-state index is 12.6. The molecule has 2 aliphatic heterocycles. The van der Waals surface area contributed by atoms with E-state index in [0.717, 1.165) is 12.8 Å². The van der Waals surface area contributed by atoms with Gasteiger partial charge in [-0.15, -0.1) is 0 Å². The fraction of sp³-hybridized carbons (Fsp3) is 0.500. The Morgan fingerprint density at radius 2 is 1.89 bits per heavy atom. The number of fused-ring (bicyclic) bond motifs is 2. The topological polar surface area (TPSA) is 72.6 Å². The highest BCUT2D eigenvalue weighted by Crippen LogP contribution is 2.32. The van der Waals surface area contributed by atoms with Gasteiger partial charge < -0.3 is 10.5 Å². The van der Waals surface area contributed by atoms with E-state index in [4.69, 9.17) is 22.1 Å². The lowest BCUT2D eigenvalue weighted by Crippen LogP contribution is -2.45. The van der Waals surface area contributed by atoms with Gasteiger partial charge in [0.15, 0.2) is 0 Å². The second kappa shape index (κ2) is 4.63. The molecule has 2 heterocycles. The van der Waals surface area contributed by atoms with E-state index in [1.54, 1.807) is 6.07 Å². The molecule has 2 fully saturated rings. The van der Waals surface area contributed by atoms with Crippen molar-refractivity contribution in [2.75, 3.05) is 18.8 Å². The van der Waals surface area contributed by atoms with Crippen LogP contribution in [0.1, 0.15) is 12.8 Å². The van der Waals surface area contributed by atoms with Crippen molar-refractivity contribution in [1.29, 1.82) is 0 Å². The van der Waals surface area contributed by atoms with Gasteiger partial charge in [0.1, 0.15) is 4.90 Å². The van der Waals surface area contributed by atoms with Gasteiger partial charge in [-0.1, -0.05) is 11.6 Å². The van der Waals surface area contributed by atoms with Crippen LogP contribution in [0.3, 0.4) is 0 Å². The van der Waals surface area contributed by atoms with E-state index in [0.29, 0.717) is 18.8 Å². The Balaban J connectivity index is 1.96. The van der Waals surface area contributed by atoms with Crippen molar-refractivity contribution in [1.82, 2.24) is 4.31 Å². The fourth-order valence-electron chi connectivity index (χ4n) is 2.63. The Bertz CT molecular complexity index is 593. The summed E-state index contributed by atoms with van der Waals surface area (Å²) >= 11 is 6.00. The molecular weight excluding hydrogens is 288 g/mol. The first-order valence-corrected chi connectivity index (χ1v) is 7.99. The van der Waals surface area contributed by atoms with Gasteiger partial charge in [0.2, 0.25) is 10.0 Å². The van der Waals surface area contributed by atoms with Gasteiger partial charge in [0.05, 0.1) is 17.2 Å². The predicted molar refractivity (Wildman–Crippen MR) is 72.5 cm³/mol. The Hall–Kier alpha value is -0.820. The van der Waals surface area contributed by atoms with E-state index in [-0.39, 0.29) is 22.1 Å². The monoisotopic (exact) mass is 302 g/mol. The predicted octanol–water partition coefficient (Wildman–Crippen LogP) is 1.47. The summed E-state index contributed by atoms with van der Waals surface area (Å²) in [6.07, 6.45) is 1.85. The van der Waals surface area contributed by atoms with Gasteiger partial charge in [-0.3, -0.25) is 0 Å². The largest absolute Gasteiger partial charge is 0.399 e. The van der Waals surface area contributed by atoms with Gasteiger partial charge in [0.25, 0.3) is 0 Å². The number of rotatable bonds is 2. The highest BCUT2D eigenvalue weighted by Gasteiger charge is 2.39. The zero-order valence-corrected chi connectivity index (χ0v) is 11.8. The van der Waals surface area contributed by atoms with Gasteiger partial charge >= 0.3 is 0 Å². The van der Waals surface area contributed by atoms with E-state index in [9.17, 15) is 8.42 Å². The van der Waals surface area contributed by atoms with Crippen molar-refractivity contribution < 1.29 is 13.2 Å². The number of benzene rings is 1. The standard InChI is InChI=1S/C12H15ClN2O3S/c13-11-4-1-8(14)5-12(11)19(16,17)15-6-9-2-3-10(7-15)18-9/h1,4-5,9-10H,2-3,6-7,14H2. The number of nitrogens with two attached hydrogens (primary N) is 1. The van der Waals surface area contributed by atoms with Crippen molar-refractivity contribution in [2.24, 2.45) is 0 Å². The van der Waals surface area contributed by atoms with Crippen molar-refractivity contribution in [3.63, 3.8) is 0 Å². The number of hydrogen-bond acceptors (Lipinski definition) is 4. The Morgan fingerprint density at radius 1 is 1.26 bits per heavy atom. The first kappa shape index (κ1) is 13.2. The Morgan fingerprint density at radius 3 is 2.53 bits per heavy atom. The lowest BCUT2D eigenvalue weighted by molar-refractivity contribution is -0.0114. The van der Waals surface area contributed by atoms with Gasteiger partial charge in [-0.25, -0.2) is 8.42 Å². The Labute approximate surface area is 117 Å². The van der Waals surface area contributed by atoms with Crippen molar-refractivity contribution in [2.45, 2.75) is 29.9 Å². The summed E-state index contributed by atoms with van der Waals surface area (Å²) < 4.78 is 32.3. The van der Waals surface area contributed by atoms with Gasteiger partial charge in [0, 0.05) is 18.8 Å². The van der Waals surface area contributed by atoms with E-state index < -0.39 is 10.0 Å². The summed E-state index contributed by atoms with van der Waals surface area (Å²) in [6.45, 7) is 0.786. The van der Waals surface area contributed by atoms with Gasteiger partial charge in [-0.2, -0.15) is 4.31 Å². The van der Waals surface area contributed by atoms with E-state index >= 15 is 0 Å². The molecule has 2 saturated heterocycles. The first-order valence-electron chi connectivity index (χ1n) is 6.17.